The van der Waals surface area contributed by atoms with Crippen molar-refractivity contribution in [2.45, 2.75) is 0 Å². The normalized spacial score (nSPS) is 11.6. The molecule has 0 spiro atoms. The first-order valence-electron chi connectivity index (χ1n) is 17.3. The van der Waals surface area contributed by atoms with E-state index < -0.39 is 0 Å². The van der Waals surface area contributed by atoms with E-state index in [1.807, 2.05) is 0 Å². The second kappa shape index (κ2) is 11.6. The van der Waals surface area contributed by atoms with Crippen molar-refractivity contribution in [3.05, 3.63) is 194 Å². The third kappa shape index (κ3) is 4.61. The molecule has 0 heterocycles. The van der Waals surface area contributed by atoms with Crippen LogP contribution >= 0.6 is 0 Å². The van der Waals surface area contributed by atoms with Gasteiger partial charge < -0.3 is 0 Å². The van der Waals surface area contributed by atoms with Gasteiger partial charge in [-0.1, -0.05) is 176 Å². The van der Waals surface area contributed by atoms with Gasteiger partial charge in [-0.3, -0.25) is 0 Å². The minimum absolute atomic E-state index is 1.22. The lowest BCUT2D eigenvalue weighted by Gasteiger charge is -2.19. The van der Waals surface area contributed by atoms with E-state index >= 15 is 0 Å². The zero-order valence-electron chi connectivity index (χ0n) is 27.5. The lowest BCUT2D eigenvalue weighted by atomic mass is 9.84. The van der Waals surface area contributed by atoms with Crippen LogP contribution in [0.25, 0.3) is 98.4 Å². The van der Waals surface area contributed by atoms with E-state index in [1.54, 1.807) is 0 Å². The lowest BCUT2D eigenvalue weighted by molar-refractivity contribution is 1.62. The molecule has 0 bridgehead atoms. The quantitative estimate of drug-likeness (QED) is 0.134. The predicted octanol–water partition coefficient (Wildman–Crippen LogP) is 14.1. The second-order valence-corrected chi connectivity index (χ2v) is 13.3. The fourth-order valence-corrected chi connectivity index (χ4v) is 8.07. The summed E-state index contributed by atoms with van der Waals surface area (Å²) in [5, 5.41) is 12.8. The van der Waals surface area contributed by atoms with E-state index in [-0.39, 0.29) is 0 Å². The number of benzene rings is 10. The fourth-order valence-electron chi connectivity index (χ4n) is 8.07. The molecule has 0 atom stereocenters. The Morgan fingerprint density at radius 2 is 0.720 bits per heavy atom. The maximum atomic E-state index is 2.39. The summed E-state index contributed by atoms with van der Waals surface area (Å²) in [6.07, 6.45) is 0. The summed E-state index contributed by atoms with van der Waals surface area (Å²) in [4.78, 5) is 0. The average molecular weight is 633 g/mol. The summed E-state index contributed by atoms with van der Waals surface area (Å²) in [5.41, 5.74) is 9.94. The maximum Gasteiger partial charge on any atom is -0.00262 e. The van der Waals surface area contributed by atoms with Crippen LogP contribution in [0.5, 0.6) is 0 Å². The Morgan fingerprint density at radius 1 is 0.200 bits per heavy atom. The minimum atomic E-state index is 1.22. The number of rotatable bonds is 4. The van der Waals surface area contributed by atoms with E-state index in [9.17, 15) is 0 Å². The van der Waals surface area contributed by atoms with Crippen LogP contribution < -0.4 is 0 Å². The summed E-state index contributed by atoms with van der Waals surface area (Å²) in [6.45, 7) is 0. The van der Waals surface area contributed by atoms with Crippen molar-refractivity contribution in [1.82, 2.24) is 0 Å². The van der Waals surface area contributed by atoms with Crippen LogP contribution in [0.15, 0.2) is 194 Å². The Kier molecular flexibility index (Phi) is 6.60. The Hall–Kier alpha value is -6.50. The summed E-state index contributed by atoms with van der Waals surface area (Å²) < 4.78 is 0. The largest absolute Gasteiger partial charge is 0.0622 e. The van der Waals surface area contributed by atoms with E-state index in [0.717, 1.165) is 0 Å². The van der Waals surface area contributed by atoms with Crippen LogP contribution in [0.1, 0.15) is 0 Å². The van der Waals surface area contributed by atoms with Crippen molar-refractivity contribution in [3.63, 3.8) is 0 Å². The first-order valence-corrected chi connectivity index (χ1v) is 17.3. The summed E-state index contributed by atoms with van der Waals surface area (Å²) in [6, 6.07) is 71.3. The van der Waals surface area contributed by atoms with Gasteiger partial charge in [-0.15, -0.1) is 0 Å². The summed E-state index contributed by atoms with van der Waals surface area (Å²) in [5.74, 6) is 0. The van der Waals surface area contributed by atoms with Crippen LogP contribution in [0, 0.1) is 0 Å². The fraction of sp³-hybridized carbons (Fsp3) is 0. The highest BCUT2D eigenvalue weighted by molar-refractivity contribution is 6.22. The SMILES string of the molecule is c1ccc(-c2ccc3c(-c4ccc(-c5cccc6c5ccc5cc7ccccc7cc56)cc4)c4ccccc4c(-c4ccccc4)c3c2)cc1. The van der Waals surface area contributed by atoms with E-state index in [0.29, 0.717) is 0 Å². The molecule has 0 unspecified atom stereocenters. The van der Waals surface area contributed by atoms with Crippen LogP contribution in [-0.2, 0) is 0 Å². The molecule has 10 aromatic rings. The molecule has 0 aliphatic rings. The molecule has 0 aliphatic carbocycles. The van der Waals surface area contributed by atoms with Crippen molar-refractivity contribution in [2.24, 2.45) is 0 Å². The highest BCUT2D eigenvalue weighted by atomic mass is 14.2. The average Bonchev–Trinajstić information content (AvgIpc) is 3.19. The molecule has 0 aromatic heterocycles. The zero-order chi connectivity index (χ0) is 33.0. The monoisotopic (exact) mass is 632 g/mol. The van der Waals surface area contributed by atoms with Crippen molar-refractivity contribution < 1.29 is 0 Å². The maximum absolute atomic E-state index is 2.39. The number of hydrogen-bond acceptors (Lipinski definition) is 0. The Labute approximate surface area is 291 Å². The van der Waals surface area contributed by atoms with Crippen molar-refractivity contribution >= 4 is 53.9 Å². The molecular formula is C50H32. The Bertz CT molecular complexity index is 2880. The van der Waals surface area contributed by atoms with E-state index in [2.05, 4.69) is 194 Å². The molecule has 232 valence electrons. The second-order valence-electron chi connectivity index (χ2n) is 13.3. The lowest BCUT2D eigenvalue weighted by Crippen LogP contribution is -1.92. The first kappa shape index (κ1) is 28.5. The standard InChI is InChI=1S/C50H32/c1-3-12-33(13-4-1)39-26-29-46-48(32-39)50(35-14-5-2-6-15-35)45-19-10-9-18-44(45)49(46)36-24-22-34(23-25-36)41-20-11-21-42-43(41)28-27-40-30-37-16-7-8-17-38(37)31-47(40)42/h1-32H. The smallest absolute Gasteiger partial charge is 0.00262 e. The molecular weight excluding hydrogens is 601 g/mol. The van der Waals surface area contributed by atoms with Gasteiger partial charge in [-0.25, -0.2) is 0 Å². The van der Waals surface area contributed by atoms with Gasteiger partial charge in [0.2, 0.25) is 0 Å². The molecule has 0 amide bonds. The topological polar surface area (TPSA) is 0 Å². The summed E-state index contributed by atoms with van der Waals surface area (Å²) in [7, 11) is 0. The molecule has 10 aromatic carbocycles. The minimum Gasteiger partial charge on any atom is -0.0622 e. The molecule has 0 nitrogen and oxygen atoms in total. The first-order chi connectivity index (χ1) is 24.8. The molecule has 0 N–H and O–H groups in total. The number of fused-ring (bicyclic) bond motifs is 6. The zero-order valence-corrected chi connectivity index (χ0v) is 27.5. The van der Waals surface area contributed by atoms with Crippen LogP contribution in [0.4, 0.5) is 0 Å². The summed E-state index contributed by atoms with van der Waals surface area (Å²) >= 11 is 0. The van der Waals surface area contributed by atoms with Gasteiger partial charge in [0.25, 0.3) is 0 Å². The highest BCUT2D eigenvalue weighted by Gasteiger charge is 2.18. The van der Waals surface area contributed by atoms with Gasteiger partial charge in [0, 0.05) is 0 Å². The third-order valence-corrected chi connectivity index (χ3v) is 10.4. The van der Waals surface area contributed by atoms with Crippen molar-refractivity contribution in [3.8, 4) is 44.5 Å². The van der Waals surface area contributed by atoms with Crippen molar-refractivity contribution in [1.29, 1.82) is 0 Å². The molecule has 50 heavy (non-hydrogen) atoms. The van der Waals surface area contributed by atoms with Gasteiger partial charge in [-0.2, -0.15) is 0 Å². The van der Waals surface area contributed by atoms with Crippen LogP contribution in [-0.4, -0.2) is 0 Å². The van der Waals surface area contributed by atoms with Gasteiger partial charge in [0.05, 0.1) is 0 Å². The molecule has 0 radical (unpaired) electrons. The van der Waals surface area contributed by atoms with Crippen LogP contribution in [0.3, 0.4) is 0 Å². The predicted molar refractivity (Wildman–Crippen MR) is 216 cm³/mol. The third-order valence-electron chi connectivity index (χ3n) is 10.4. The molecule has 0 aliphatic heterocycles. The molecule has 0 saturated carbocycles. The van der Waals surface area contributed by atoms with Gasteiger partial charge in [0.1, 0.15) is 0 Å². The molecule has 10 rings (SSSR count). The highest BCUT2D eigenvalue weighted by Crippen LogP contribution is 2.45. The van der Waals surface area contributed by atoms with Crippen molar-refractivity contribution in [2.75, 3.05) is 0 Å². The molecule has 0 heteroatoms. The molecule has 0 saturated heterocycles. The van der Waals surface area contributed by atoms with Gasteiger partial charge in [0.15, 0.2) is 0 Å². The van der Waals surface area contributed by atoms with E-state index in [4.69, 9.17) is 0 Å². The van der Waals surface area contributed by atoms with Gasteiger partial charge >= 0.3 is 0 Å². The Balaban J connectivity index is 1.17. The number of hydrogen-bond donors (Lipinski definition) is 0. The Morgan fingerprint density at radius 3 is 1.46 bits per heavy atom. The van der Waals surface area contributed by atoms with E-state index in [1.165, 1.54) is 98.4 Å². The van der Waals surface area contributed by atoms with Crippen LogP contribution in [0.2, 0.25) is 0 Å². The van der Waals surface area contributed by atoms with Gasteiger partial charge in [-0.05, 0) is 117 Å². The molecule has 0 fully saturated rings.